The summed E-state index contributed by atoms with van der Waals surface area (Å²) < 4.78 is 0. The Kier molecular flexibility index (Phi) is 6.66. The fourth-order valence-corrected chi connectivity index (χ4v) is 4.66. The van der Waals surface area contributed by atoms with E-state index in [-0.39, 0.29) is 5.28 Å². The Labute approximate surface area is 232 Å². The lowest BCUT2D eigenvalue weighted by Gasteiger charge is -2.11. The summed E-state index contributed by atoms with van der Waals surface area (Å²) in [6, 6.07) is 42.4. The van der Waals surface area contributed by atoms with Gasteiger partial charge in [0.15, 0.2) is 17.3 Å². The number of aromatic nitrogens is 3. The van der Waals surface area contributed by atoms with Gasteiger partial charge >= 0.3 is 0 Å². The van der Waals surface area contributed by atoms with Crippen molar-refractivity contribution in [3.8, 4) is 56.2 Å². The van der Waals surface area contributed by atoms with Crippen LogP contribution in [0, 0.1) is 6.57 Å². The van der Waals surface area contributed by atoms with Gasteiger partial charge in [-0.05, 0) is 63.2 Å². The summed E-state index contributed by atoms with van der Waals surface area (Å²) in [4.78, 5) is 17.2. The molecule has 0 amide bonds. The molecular weight excluding hydrogens is 500 g/mol. The van der Waals surface area contributed by atoms with Crippen molar-refractivity contribution in [3.05, 3.63) is 144 Å². The monoisotopic (exact) mass is 520 g/mol. The van der Waals surface area contributed by atoms with E-state index in [4.69, 9.17) is 23.2 Å². The van der Waals surface area contributed by atoms with Crippen LogP contribution in [0.25, 0.3) is 61.0 Å². The first kappa shape index (κ1) is 24.2. The van der Waals surface area contributed by atoms with E-state index in [2.05, 4.69) is 57.3 Å². The van der Waals surface area contributed by atoms with Crippen LogP contribution in [0.15, 0.2) is 127 Å². The molecule has 0 unspecified atom stereocenters. The fourth-order valence-electron chi connectivity index (χ4n) is 4.50. The van der Waals surface area contributed by atoms with Crippen LogP contribution < -0.4 is 0 Å². The van der Waals surface area contributed by atoms with Crippen LogP contribution in [0.5, 0.6) is 0 Å². The van der Waals surface area contributed by atoms with Crippen LogP contribution in [0.2, 0.25) is 5.28 Å². The zero-order valence-corrected chi connectivity index (χ0v) is 21.5. The molecule has 0 bridgehead atoms. The van der Waals surface area contributed by atoms with Gasteiger partial charge in [0.05, 0.1) is 6.57 Å². The van der Waals surface area contributed by atoms with Gasteiger partial charge in [0.2, 0.25) is 5.28 Å². The molecule has 0 aliphatic rings. The van der Waals surface area contributed by atoms with Crippen molar-refractivity contribution in [1.82, 2.24) is 15.0 Å². The third kappa shape index (κ3) is 5.31. The first-order chi connectivity index (χ1) is 19.2. The SMILES string of the molecule is [C-]#[N+]c1ccc(-c2ccc(-c3nc(Cl)nc(-c4cc(-c5ccccc5)cc(-c5ccccc5)c4)n3)cc2)cc1. The normalized spacial score (nSPS) is 10.7. The summed E-state index contributed by atoms with van der Waals surface area (Å²) in [5.74, 6) is 1.02. The molecule has 0 atom stereocenters. The van der Waals surface area contributed by atoms with Crippen molar-refractivity contribution in [2.75, 3.05) is 0 Å². The lowest BCUT2D eigenvalue weighted by Crippen LogP contribution is -1.98. The second kappa shape index (κ2) is 10.7. The molecule has 39 heavy (non-hydrogen) atoms. The maximum atomic E-state index is 7.15. The van der Waals surface area contributed by atoms with Gasteiger partial charge in [-0.25, -0.2) is 9.83 Å². The molecule has 4 nitrogen and oxygen atoms in total. The molecule has 0 fully saturated rings. The number of nitrogens with zero attached hydrogens (tertiary/aromatic N) is 4. The number of hydrogen-bond acceptors (Lipinski definition) is 3. The van der Waals surface area contributed by atoms with Crippen molar-refractivity contribution in [1.29, 1.82) is 0 Å². The summed E-state index contributed by atoms with van der Waals surface area (Å²) in [6.07, 6.45) is 0. The Morgan fingerprint density at radius 3 is 1.36 bits per heavy atom. The highest BCUT2D eigenvalue weighted by Crippen LogP contribution is 2.33. The largest absolute Gasteiger partial charge is 0.238 e. The van der Waals surface area contributed by atoms with Gasteiger partial charge in [0, 0.05) is 11.1 Å². The number of hydrogen-bond donors (Lipinski definition) is 0. The molecule has 0 radical (unpaired) electrons. The fraction of sp³-hybridized carbons (Fsp3) is 0. The van der Waals surface area contributed by atoms with Crippen molar-refractivity contribution >= 4 is 17.3 Å². The van der Waals surface area contributed by atoms with E-state index in [0.717, 1.165) is 44.5 Å². The molecule has 1 heterocycles. The first-order valence-electron chi connectivity index (χ1n) is 12.4. The van der Waals surface area contributed by atoms with E-state index in [9.17, 15) is 0 Å². The van der Waals surface area contributed by atoms with Gasteiger partial charge in [-0.2, -0.15) is 9.97 Å². The van der Waals surface area contributed by atoms with E-state index >= 15 is 0 Å². The summed E-state index contributed by atoms with van der Waals surface area (Å²) in [6.45, 7) is 7.15. The van der Waals surface area contributed by atoms with Gasteiger partial charge in [-0.3, -0.25) is 0 Å². The molecule has 0 aliphatic carbocycles. The van der Waals surface area contributed by atoms with E-state index in [1.807, 2.05) is 84.9 Å². The minimum Gasteiger partial charge on any atom is -0.238 e. The minimum atomic E-state index is 0.139. The smallest absolute Gasteiger partial charge is 0.226 e. The Balaban J connectivity index is 1.41. The molecule has 0 saturated carbocycles. The molecule has 184 valence electrons. The standard InChI is InChI=1S/C34H21ClN4/c1-36-31-18-16-26(17-19-31)25-12-14-27(15-13-25)32-37-33(39-34(35)38-32)30-21-28(23-8-4-2-5-9-23)20-29(22-30)24-10-6-3-7-11-24/h2-22H. The molecule has 0 aliphatic heterocycles. The van der Waals surface area contributed by atoms with Crippen molar-refractivity contribution < 1.29 is 0 Å². The number of benzene rings is 5. The highest BCUT2D eigenvalue weighted by molar-refractivity contribution is 6.28. The van der Waals surface area contributed by atoms with Crippen LogP contribution in [0.1, 0.15) is 0 Å². The molecule has 5 heteroatoms. The lowest BCUT2D eigenvalue weighted by molar-refractivity contribution is 1.07. The molecule has 1 aromatic heterocycles. The van der Waals surface area contributed by atoms with E-state index in [1.165, 1.54) is 0 Å². The average Bonchev–Trinajstić information content (AvgIpc) is 3.01. The Bertz CT molecular complexity index is 1730. The third-order valence-corrected chi connectivity index (χ3v) is 6.66. The molecule has 0 N–H and O–H groups in total. The Morgan fingerprint density at radius 1 is 0.436 bits per heavy atom. The van der Waals surface area contributed by atoms with Gasteiger partial charge in [0.25, 0.3) is 0 Å². The highest BCUT2D eigenvalue weighted by atomic mass is 35.5. The van der Waals surface area contributed by atoms with Crippen LogP contribution in [0.3, 0.4) is 0 Å². The quantitative estimate of drug-likeness (QED) is 0.213. The molecule has 5 aromatic carbocycles. The molecular formula is C34H21ClN4. The molecule has 0 spiro atoms. The summed E-state index contributed by atoms with van der Waals surface area (Å²) in [5.41, 5.74) is 8.75. The van der Waals surface area contributed by atoms with Crippen molar-refractivity contribution in [2.24, 2.45) is 0 Å². The topological polar surface area (TPSA) is 43.0 Å². The molecule has 0 saturated heterocycles. The van der Waals surface area contributed by atoms with Crippen LogP contribution in [-0.4, -0.2) is 15.0 Å². The van der Waals surface area contributed by atoms with E-state index in [1.54, 1.807) is 0 Å². The molecule has 6 aromatic rings. The van der Waals surface area contributed by atoms with Crippen LogP contribution >= 0.6 is 11.6 Å². The van der Waals surface area contributed by atoms with Gasteiger partial charge in [-0.15, -0.1) is 0 Å². The Morgan fingerprint density at radius 2 is 0.846 bits per heavy atom. The van der Waals surface area contributed by atoms with Crippen LogP contribution in [-0.2, 0) is 0 Å². The summed E-state index contributed by atoms with van der Waals surface area (Å²) in [7, 11) is 0. The average molecular weight is 521 g/mol. The molecule has 6 rings (SSSR count). The predicted octanol–water partition coefficient (Wildman–Crippen LogP) is 9.41. The van der Waals surface area contributed by atoms with Gasteiger partial charge in [-0.1, -0.05) is 109 Å². The maximum absolute atomic E-state index is 7.15. The third-order valence-electron chi connectivity index (χ3n) is 6.49. The lowest BCUT2D eigenvalue weighted by atomic mass is 9.96. The number of rotatable bonds is 5. The van der Waals surface area contributed by atoms with Crippen molar-refractivity contribution in [2.45, 2.75) is 0 Å². The van der Waals surface area contributed by atoms with E-state index < -0.39 is 0 Å². The van der Waals surface area contributed by atoms with Gasteiger partial charge < -0.3 is 0 Å². The summed E-state index contributed by atoms with van der Waals surface area (Å²) >= 11 is 6.43. The number of halogens is 1. The summed E-state index contributed by atoms with van der Waals surface area (Å²) in [5, 5.41) is 0.139. The van der Waals surface area contributed by atoms with Crippen molar-refractivity contribution in [3.63, 3.8) is 0 Å². The van der Waals surface area contributed by atoms with E-state index in [0.29, 0.717) is 17.3 Å². The van der Waals surface area contributed by atoms with Gasteiger partial charge in [0.1, 0.15) is 0 Å². The Hall–Kier alpha value is -5.11. The second-order valence-corrected chi connectivity index (χ2v) is 9.36. The zero-order chi connectivity index (χ0) is 26.6. The zero-order valence-electron chi connectivity index (χ0n) is 20.8. The second-order valence-electron chi connectivity index (χ2n) is 9.02. The minimum absolute atomic E-state index is 0.139. The predicted molar refractivity (Wildman–Crippen MR) is 158 cm³/mol. The highest BCUT2D eigenvalue weighted by Gasteiger charge is 2.13. The maximum Gasteiger partial charge on any atom is 0.226 e. The van der Waals surface area contributed by atoms with Crippen LogP contribution in [0.4, 0.5) is 5.69 Å². The first-order valence-corrected chi connectivity index (χ1v) is 12.8.